The van der Waals surface area contributed by atoms with Crippen LogP contribution in [0.4, 0.5) is 11.4 Å². The van der Waals surface area contributed by atoms with E-state index in [2.05, 4.69) is 37.5 Å². The van der Waals surface area contributed by atoms with Gasteiger partial charge in [0.2, 0.25) is 5.91 Å². The summed E-state index contributed by atoms with van der Waals surface area (Å²) >= 11 is 0. The van der Waals surface area contributed by atoms with Gasteiger partial charge in [-0.15, -0.1) is 0 Å². The van der Waals surface area contributed by atoms with Gasteiger partial charge in [-0.05, 0) is 43.7 Å². The maximum absolute atomic E-state index is 11.9. The zero-order valence-electron chi connectivity index (χ0n) is 12.1. The van der Waals surface area contributed by atoms with Crippen LogP contribution in [0.2, 0.25) is 0 Å². The monoisotopic (exact) mass is 260 g/mol. The lowest BCUT2D eigenvalue weighted by Gasteiger charge is -2.26. The number of para-hydroxylation sites is 1. The van der Waals surface area contributed by atoms with Crippen LogP contribution in [-0.2, 0) is 11.2 Å². The minimum absolute atomic E-state index is 0.113. The molecule has 0 aromatic heterocycles. The van der Waals surface area contributed by atoms with Crippen LogP contribution in [0.1, 0.15) is 45.6 Å². The van der Waals surface area contributed by atoms with Crippen LogP contribution in [0.15, 0.2) is 18.2 Å². The Labute approximate surface area is 115 Å². The van der Waals surface area contributed by atoms with Crippen molar-refractivity contribution in [1.29, 1.82) is 0 Å². The van der Waals surface area contributed by atoms with Crippen molar-refractivity contribution in [2.45, 2.75) is 52.5 Å². The highest BCUT2D eigenvalue weighted by molar-refractivity contribution is 5.95. The second-order valence-electron chi connectivity index (χ2n) is 5.90. The van der Waals surface area contributed by atoms with Crippen molar-refractivity contribution in [3.63, 3.8) is 0 Å². The first-order valence-corrected chi connectivity index (χ1v) is 7.24. The smallest absolute Gasteiger partial charge is 0.224 e. The van der Waals surface area contributed by atoms with Gasteiger partial charge in [-0.1, -0.05) is 26.0 Å². The van der Waals surface area contributed by atoms with Crippen LogP contribution >= 0.6 is 0 Å². The van der Waals surface area contributed by atoms with Gasteiger partial charge in [-0.25, -0.2) is 0 Å². The maximum atomic E-state index is 11.9. The molecule has 2 N–H and O–H groups in total. The molecule has 1 aromatic carbocycles. The molecule has 3 heteroatoms. The molecule has 1 atom stereocenters. The second-order valence-corrected chi connectivity index (χ2v) is 5.90. The Balaban J connectivity index is 2.06. The summed E-state index contributed by atoms with van der Waals surface area (Å²) in [6, 6.07) is 6.62. The molecule has 0 spiro atoms. The van der Waals surface area contributed by atoms with Crippen LogP contribution in [0.5, 0.6) is 0 Å². The number of carbonyl (C=O) groups excluding carboxylic acids is 1. The summed E-state index contributed by atoms with van der Waals surface area (Å²) < 4.78 is 0. The summed E-state index contributed by atoms with van der Waals surface area (Å²) in [5, 5.41) is 6.53. The molecule has 1 amide bonds. The summed E-state index contributed by atoms with van der Waals surface area (Å²) in [6.07, 6.45) is 3.76. The number of anilines is 2. The number of aryl methyl sites for hydroxylation is 1. The molecule has 0 saturated carbocycles. The molecule has 1 aliphatic rings. The van der Waals surface area contributed by atoms with Crippen molar-refractivity contribution in [3.8, 4) is 0 Å². The molecule has 104 valence electrons. The van der Waals surface area contributed by atoms with E-state index in [-0.39, 0.29) is 5.91 Å². The number of fused-ring (bicyclic) bond motifs is 1. The largest absolute Gasteiger partial charge is 0.381 e. The summed E-state index contributed by atoms with van der Waals surface area (Å²) in [7, 11) is 0. The van der Waals surface area contributed by atoms with Gasteiger partial charge in [0.15, 0.2) is 0 Å². The Morgan fingerprint density at radius 3 is 3.00 bits per heavy atom. The average Bonchev–Trinajstić information content (AvgIpc) is 2.37. The van der Waals surface area contributed by atoms with E-state index in [9.17, 15) is 4.79 Å². The average molecular weight is 260 g/mol. The first kappa shape index (κ1) is 13.9. The Morgan fingerprint density at radius 1 is 1.47 bits per heavy atom. The third-order valence-corrected chi connectivity index (χ3v) is 3.61. The SMILES string of the molecule is CC(C)CCC(=O)Nc1cccc2c1NC(C)CC2. The van der Waals surface area contributed by atoms with Crippen molar-refractivity contribution in [3.05, 3.63) is 23.8 Å². The highest BCUT2D eigenvalue weighted by Crippen LogP contribution is 2.32. The Morgan fingerprint density at radius 2 is 2.26 bits per heavy atom. The molecule has 19 heavy (non-hydrogen) atoms. The van der Waals surface area contributed by atoms with Crippen molar-refractivity contribution in [1.82, 2.24) is 0 Å². The molecule has 2 rings (SSSR count). The van der Waals surface area contributed by atoms with E-state index >= 15 is 0 Å². The van der Waals surface area contributed by atoms with E-state index < -0.39 is 0 Å². The van der Waals surface area contributed by atoms with Gasteiger partial charge in [-0.2, -0.15) is 0 Å². The van der Waals surface area contributed by atoms with E-state index in [4.69, 9.17) is 0 Å². The number of hydrogen-bond donors (Lipinski definition) is 2. The molecule has 3 nitrogen and oxygen atoms in total. The molecule has 0 aliphatic carbocycles. The number of nitrogens with one attached hydrogen (secondary N) is 2. The lowest BCUT2D eigenvalue weighted by Crippen LogP contribution is -2.24. The lowest BCUT2D eigenvalue weighted by atomic mass is 9.98. The van der Waals surface area contributed by atoms with E-state index in [1.165, 1.54) is 5.56 Å². The van der Waals surface area contributed by atoms with Gasteiger partial charge in [0.05, 0.1) is 11.4 Å². The predicted octanol–water partition coefficient (Wildman–Crippen LogP) is 3.81. The zero-order valence-corrected chi connectivity index (χ0v) is 12.1. The van der Waals surface area contributed by atoms with Crippen LogP contribution in [0, 0.1) is 5.92 Å². The zero-order chi connectivity index (χ0) is 13.8. The molecular weight excluding hydrogens is 236 g/mol. The molecule has 1 heterocycles. The molecule has 0 fully saturated rings. The van der Waals surface area contributed by atoms with Crippen LogP contribution < -0.4 is 10.6 Å². The normalized spacial score (nSPS) is 17.8. The fourth-order valence-electron chi connectivity index (χ4n) is 2.41. The van der Waals surface area contributed by atoms with Crippen molar-refractivity contribution in [2.24, 2.45) is 5.92 Å². The Bertz CT molecular complexity index is 454. The van der Waals surface area contributed by atoms with Gasteiger partial charge < -0.3 is 10.6 Å². The number of hydrogen-bond acceptors (Lipinski definition) is 2. The molecule has 1 aromatic rings. The standard InChI is InChI=1S/C16H24N2O/c1-11(2)7-10-15(19)18-14-6-4-5-13-9-8-12(3)17-16(13)14/h4-6,11-12,17H,7-10H2,1-3H3,(H,18,19). The topological polar surface area (TPSA) is 41.1 Å². The van der Waals surface area contributed by atoms with E-state index in [1.807, 2.05) is 12.1 Å². The minimum Gasteiger partial charge on any atom is -0.381 e. The molecular formula is C16H24N2O. The fourth-order valence-corrected chi connectivity index (χ4v) is 2.41. The van der Waals surface area contributed by atoms with Crippen LogP contribution in [0.3, 0.4) is 0 Å². The first-order chi connectivity index (χ1) is 9.06. The molecule has 0 radical (unpaired) electrons. The Hall–Kier alpha value is -1.51. The van der Waals surface area contributed by atoms with Crippen molar-refractivity contribution < 1.29 is 4.79 Å². The second kappa shape index (κ2) is 6.09. The molecule has 1 aliphatic heterocycles. The van der Waals surface area contributed by atoms with Gasteiger partial charge in [-0.3, -0.25) is 4.79 Å². The summed E-state index contributed by atoms with van der Waals surface area (Å²) in [6.45, 7) is 6.46. The predicted molar refractivity (Wildman–Crippen MR) is 80.5 cm³/mol. The molecule has 0 bridgehead atoms. The fraction of sp³-hybridized carbons (Fsp3) is 0.562. The highest BCUT2D eigenvalue weighted by atomic mass is 16.1. The van der Waals surface area contributed by atoms with Crippen LogP contribution in [0.25, 0.3) is 0 Å². The third kappa shape index (κ3) is 3.72. The first-order valence-electron chi connectivity index (χ1n) is 7.24. The van der Waals surface area contributed by atoms with E-state index in [0.717, 1.165) is 30.6 Å². The minimum atomic E-state index is 0.113. The summed E-state index contributed by atoms with van der Waals surface area (Å²) in [5.74, 6) is 0.677. The molecule has 0 saturated heterocycles. The van der Waals surface area contributed by atoms with Crippen molar-refractivity contribution >= 4 is 17.3 Å². The third-order valence-electron chi connectivity index (χ3n) is 3.61. The van der Waals surface area contributed by atoms with E-state index in [1.54, 1.807) is 0 Å². The number of amides is 1. The number of benzene rings is 1. The summed E-state index contributed by atoms with van der Waals surface area (Å²) in [4.78, 5) is 11.9. The molecule has 1 unspecified atom stereocenters. The van der Waals surface area contributed by atoms with Gasteiger partial charge in [0.25, 0.3) is 0 Å². The lowest BCUT2D eigenvalue weighted by molar-refractivity contribution is -0.116. The quantitative estimate of drug-likeness (QED) is 0.864. The summed E-state index contributed by atoms with van der Waals surface area (Å²) in [5.41, 5.74) is 3.34. The van der Waals surface area contributed by atoms with Gasteiger partial charge in [0.1, 0.15) is 0 Å². The number of rotatable bonds is 4. The Kier molecular flexibility index (Phi) is 4.46. The highest BCUT2D eigenvalue weighted by Gasteiger charge is 2.17. The van der Waals surface area contributed by atoms with Gasteiger partial charge in [0, 0.05) is 12.5 Å². The van der Waals surface area contributed by atoms with Gasteiger partial charge >= 0.3 is 0 Å². The van der Waals surface area contributed by atoms with E-state index in [0.29, 0.717) is 18.4 Å². The number of carbonyl (C=O) groups is 1. The maximum Gasteiger partial charge on any atom is 0.224 e. The van der Waals surface area contributed by atoms with Crippen LogP contribution in [-0.4, -0.2) is 11.9 Å². The van der Waals surface area contributed by atoms with Crippen molar-refractivity contribution in [2.75, 3.05) is 10.6 Å².